The van der Waals surface area contributed by atoms with Crippen molar-refractivity contribution in [3.63, 3.8) is 0 Å². The van der Waals surface area contributed by atoms with Gasteiger partial charge in [0.1, 0.15) is 17.6 Å². The van der Waals surface area contributed by atoms with Crippen LogP contribution in [0.4, 0.5) is 0 Å². The number of carbonyl (C=O) groups is 2. The van der Waals surface area contributed by atoms with Gasteiger partial charge in [-0.1, -0.05) is 18.2 Å². The van der Waals surface area contributed by atoms with E-state index in [1.807, 2.05) is 37.3 Å². The molecule has 1 atom stereocenters. The van der Waals surface area contributed by atoms with Gasteiger partial charge in [0.25, 0.3) is 11.7 Å². The predicted octanol–water partition coefficient (Wildman–Crippen LogP) is 2.53. The summed E-state index contributed by atoms with van der Waals surface area (Å²) in [5, 5.41) is 15.7. The second-order valence-electron chi connectivity index (χ2n) is 8.35. The molecule has 34 heavy (non-hydrogen) atoms. The van der Waals surface area contributed by atoms with E-state index in [4.69, 9.17) is 9.15 Å². The van der Waals surface area contributed by atoms with Crippen molar-refractivity contribution < 1.29 is 23.8 Å². The molecule has 9 heteroatoms. The summed E-state index contributed by atoms with van der Waals surface area (Å²) in [6.07, 6.45) is 3.01. The summed E-state index contributed by atoms with van der Waals surface area (Å²) >= 11 is 0. The van der Waals surface area contributed by atoms with Crippen LogP contribution in [-0.2, 0) is 14.3 Å². The fraction of sp³-hybridized carbons (Fsp3) is 0.320. The third kappa shape index (κ3) is 3.93. The van der Waals surface area contributed by atoms with E-state index >= 15 is 0 Å². The monoisotopic (exact) mass is 462 g/mol. The number of ether oxygens (including phenoxy) is 1. The number of hydrogen-bond donors (Lipinski definition) is 1. The number of ketones is 1. The van der Waals surface area contributed by atoms with Crippen molar-refractivity contribution >= 4 is 17.4 Å². The second kappa shape index (κ2) is 9.28. The number of benzene rings is 1. The third-order valence-corrected chi connectivity index (χ3v) is 6.38. The maximum Gasteiger partial charge on any atom is 0.295 e. The number of amides is 1. The molecular formula is C25H26N4O5. The number of morpholine rings is 1. The van der Waals surface area contributed by atoms with Crippen LogP contribution in [0, 0.1) is 6.92 Å². The van der Waals surface area contributed by atoms with E-state index in [9.17, 15) is 14.7 Å². The van der Waals surface area contributed by atoms with E-state index in [-0.39, 0.29) is 11.3 Å². The number of aliphatic hydroxyl groups excluding tert-OH is 1. The lowest BCUT2D eigenvalue weighted by Gasteiger charge is -2.30. The summed E-state index contributed by atoms with van der Waals surface area (Å²) < 4.78 is 12.7. The fourth-order valence-corrected chi connectivity index (χ4v) is 4.54. The SMILES string of the molecule is Cc1c(C(O)=C2C(=O)C(=O)N(CCN3CCOCC3)[C@H]2c2ccco2)cnn1-c1ccccc1. The summed E-state index contributed by atoms with van der Waals surface area (Å²) in [6, 6.07) is 12.1. The fourth-order valence-electron chi connectivity index (χ4n) is 4.54. The van der Waals surface area contributed by atoms with E-state index in [2.05, 4.69) is 10.00 Å². The average Bonchev–Trinajstić information content (AvgIpc) is 3.58. The van der Waals surface area contributed by atoms with Gasteiger partial charge in [0.2, 0.25) is 0 Å². The summed E-state index contributed by atoms with van der Waals surface area (Å²) in [6.45, 7) is 5.57. The van der Waals surface area contributed by atoms with Crippen LogP contribution in [0.25, 0.3) is 11.4 Å². The zero-order valence-electron chi connectivity index (χ0n) is 18.9. The van der Waals surface area contributed by atoms with Gasteiger partial charge in [-0.05, 0) is 31.2 Å². The summed E-state index contributed by atoms with van der Waals surface area (Å²) in [7, 11) is 0. The van der Waals surface area contributed by atoms with E-state index < -0.39 is 17.7 Å². The van der Waals surface area contributed by atoms with Crippen LogP contribution in [0.3, 0.4) is 0 Å². The van der Waals surface area contributed by atoms with Crippen LogP contribution in [0.15, 0.2) is 64.9 Å². The molecule has 2 aromatic heterocycles. The van der Waals surface area contributed by atoms with Crippen LogP contribution in [0.5, 0.6) is 0 Å². The number of Topliss-reactive ketones (excluding diaryl/α,β-unsaturated/α-hetero) is 1. The van der Waals surface area contributed by atoms with Gasteiger partial charge in [-0.15, -0.1) is 0 Å². The Morgan fingerprint density at radius 1 is 1.09 bits per heavy atom. The molecule has 2 aliphatic heterocycles. The Balaban J connectivity index is 1.52. The number of nitrogens with zero attached hydrogens (tertiary/aromatic N) is 4. The Bertz CT molecular complexity index is 1210. The number of likely N-dealkylation sites (tertiary alicyclic amines) is 1. The first-order valence-corrected chi connectivity index (χ1v) is 11.3. The lowest BCUT2D eigenvalue weighted by molar-refractivity contribution is -0.140. The average molecular weight is 463 g/mol. The number of aromatic nitrogens is 2. The molecule has 1 N–H and O–H groups in total. The highest BCUT2D eigenvalue weighted by Gasteiger charge is 2.47. The van der Waals surface area contributed by atoms with Gasteiger partial charge in [0.05, 0.1) is 48.2 Å². The highest BCUT2D eigenvalue weighted by molar-refractivity contribution is 6.46. The number of furan rings is 1. The first kappa shape index (κ1) is 22.1. The highest BCUT2D eigenvalue weighted by atomic mass is 16.5. The van der Waals surface area contributed by atoms with Gasteiger partial charge in [0, 0.05) is 26.2 Å². The Morgan fingerprint density at radius 2 is 1.85 bits per heavy atom. The van der Waals surface area contributed by atoms with Crippen LogP contribution in [0.2, 0.25) is 0 Å². The molecule has 1 amide bonds. The molecule has 0 aliphatic carbocycles. The molecule has 9 nitrogen and oxygen atoms in total. The molecule has 176 valence electrons. The summed E-state index contributed by atoms with van der Waals surface area (Å²) in [5.41, 5.74) is 1.89. The van der Waals surface area contributed by atoms with Crippen LogP contribution < -0.4 is 0 Å². The molecule has 0 saturated carbocycles. The molecule has 3 aromatic rings. The van der Waals surface area contributed by atoms with E-state index in [0.29, 0.717) is 43.3 Å². The lowest BCUT2D eigenvalue weighted by Crippen LogP contribution is -2.42. The maximum atomic E-state index is 13.2. The summed E-state index contributed by atoms with van der Waals surface area (Å²) in [4.78, 5) is 29.9. The third-order valence-electron chi connectivity index (χ3n) is 6.38. The molecule has 4 heterocycles. The van der Waals surface area contributed by atoms with Crippen molar-refractivity contribution in [3.05, 3.63) is 77.5 Å². The second-order valence-corrected chi connectivity index (χ2v) is 8.35. The highest BCUT2D eigenvalue weighted by Crippen LogP contribution is 2.40. The van der Waals surface area contributed by atoms with E-state index in [1.165, 1.54) is 17.4 Å². The normalized spacial score (nSPS) is 20.9. The van der Waals surface area contributed by atoms with Crippen molar-refractivity contribution in [2.75, 3.05) is 39.4 Å². The molecule has 0 radical (unpaired) electrons. The van der Waals surface area contributed by atoms with Gasteiger partial charge >= 0.3 is 0 Å². The first-order valence-electron chi connectivity index (χ1n) is 11.3. The minimum atomic E-state index is -0.810. The number of aliphatic hydroxyl groups is 1. The van der Waals surface area contributed by atoms with Crippen molar-refractivity contribution in [2.45, 2.75) is 13.0 Å². The quantitative estimate of drug-likeness (QED) is 0.341. The van der Waals surface area contributed by atoms with Gasteiger partial charge in [-0.2, -0.15) is 5.10 Å². The van der Waals surface area contributed by atoms with E-state index in [0.717, 1.165) is 18.8 Å². The van der Waals surface area contributed by atoms with Crippen molar-refractivity contribution in [3.8, 4) is 5.69 Å². The molecular weight excluding hydrogens is 436 g/mol. The maximum absolute atomic E-state index is 13.2. The van der Waals surface area contributed by atoms with Crippen molar-refractivity contribution in [1.82, 2.24) is 19.6 Å². The lowest BCUT2D eigenvalue weighted by atomic mass is 9.99. The zero-order valence-corrected chi connectivity index (χ0v) is 18.9. The van der Waals surface area contributed by atoms with Crippen LogP contribution in [0.1, 0.15) is 23.1 Å². The molecule has 2 fully saturated rings. The van der Waals surface area contributed by atoms with Gasteiger partial charge < -0.3 is 19.2 Å². The topological polar surface area (TPSA) is 101 Å². The standard InChI is InChI=1S/C25H26N4O5/c1-17-19(16-26-29(17)18-6-3-2-4-7-18)23(30)21-22(20-8-5-13-34-20)28(25(32)24(21)31)10-9-27-11-14-33-15-12-27/h2-8,13,16,22,30H,9-12,14-15H2,1H3/t22-/m0/s1. The predicted molar refractivity (Wildman–Crippen MR) is 123 cm³/mol. The largest absolute Gasteiger partial charge is 0.507 e. The van der Waals surface area contributed by atoms with Gasteiger partial charge in [0.15, 0.2) is 0 Å². The Kier molecular flexibility index (Phi) is 6.04. The smallest absolute Gasteiger partial charge is 0.295 e. The molecule has 5 rings (SSSR count). The first-order chi connectivity index (χ1) is 16.6. The molecule has 2 aliphatic rings. The number of hydrogen-bond acceptors (Lipinski definition) is 7. The van der Waals surface area contributed by atoms with Crippen molar-refractivity contribution in [2.24, 2.45) is 0 Å². The zero-order chi connectivity index (χ0) is 23.7. The van der Waals surface area contributed by atoms with Crippen LogP contribution in [-0.4, -0.2) is 75.8 Å². The number of carbonyl (C=O) groups excluding carboxylic acids is 2. The van der Waals surface area contributed by atoms with Crippen molar-refractivity contribution in [1.29, 1.82) is 0 Å². The Morgan fingerprint density at radius 3 is 2.56 bits per heavy atom. The van der Waals surface area contributed by atoms with Crippen LogP contribution >= 0.6 is 0 Å². The van der Waals surface area contributed by atoms with Gasteiger partial charge in [-0.3, -0.25) is 14.5 Å². The number of para-hydroxylation sites is 1. The molecule has 0 bridgehead atoms. The molecule has 2 saturated heterocycles. The molecule has 0 spiro atoms. The van der Waals surface area contributed by atoms with E-state index in [1.54, 1.807) is 16.8 Å². The minimum absolute atomic E-state index is 0.0117. The Hall–Kier alpha value is -3.69. The summed E-state index contributed by atoms with van der Waals surface area (Å²) in [5.74, 6) is -1.21. The minimum Gasteiger partial charge on any atom is -0.507 e. The molecule has 1 aromatic carbocycles. The number of rotatable bonds is 6. The Labute approximate surface area is 196 Å². The van der Waals surface area contributed by atoms with Gasteiger partial charge in [-0.25, -0.2) is 4.68 Å². The molecule has 0 unspecified atom stereocenters.